The van der Waals surface area contributed by atoms with Gasteiger partial charge in [0.25, 0.3) is 0 Å². The van der Waals surface area contributed by atoms with Crippen LogP contribution in [-0.2, 0) is 0 Å². The van der Waals surface area contributed by atoms with Gasteiger partial charge in [-0.15, -0.1) is 0 Å². The maximum absolute atomic E-state index is 7.56. The van der Waals surface area contributed by atoms with Crippen molar-refractivity contribution in [2.45, 2.75) is 6.92 Å². The van der Waals surface area contributed by atoms with Gasteiger partial charge in [-0.25, -0.2) is 0 Å². The summed E-state index contributed by atoms with van der Waals surface area (Å²) in [5, 5.41) is 20.1. The molecule has 0 aliphatic carbocycles. The number of oxime groups is 2. The molecule has 0 aliphatic rings. The van der Waals surface area contributed by atoms with Crippen LogP contribution in [0, 0.1) is 6.92 Å². The molecule has 0 spiro atoms. The second kappa shape index (κ2) is 8.26. The van der Waals surface area contributed by atoms with Gasteiger partial charge in [-0.2, -0.15) is 0 Å². The van der Waals surface area contributed by atoms with Crippen molar-refractivity contribution in [1.82, 2.24) is 0 Å². The molecule has 0 amide bonds. The SMILES string of the molecule is Cc1ccccc1.ON=CC=NO. The van der Waals surface area contributed by atoms with E-state index in [4.69, 9.17) is 10.4 Å². The first-order valence-corrected chi connectivity index (χ1v) is 3.66. The Hall–Kier alpha value is -1.84. The molecule has 1 rings (SSSR count). The fourth-order valence-electron chi connectivity index (χ4n) is 0.594. The van der Waals surface area contributed by atoms with E-state index in [2.05, 4.69) is 29.4 Å². The zero-order valence-electron chi connectivity index (χ0n) is 7.33. The third-order valence-electron chi connectivity index (χ3n) is 1.14. The van der Waals surface area contributed by atoms with Crippen molar-refractivity contribution in [3.63, 3.8) is 0 Å². The smallest absolute Gasteiger partial charge is 0.0877 e. The zero-order valence-corrected chi connectivity index (χ0v) is 7.33. The molecule has 0 unspecified atom stereocenters. The van der Waals surface area contributed by atoms with Gasteiger partial charge < -0.3 is 10.4 Å². The fraction of sp³-hybridized carbons (Fsp3) is 0.111. The standard InChI is InChI=1S/C7H8.C2H4N2O2/c1-7-5-3-2-4-6-7;5-3-1-2-4-6/h2-6H,1H3;1-2,5-6H. The minimum Gasteiger partial charge on any atom is -0.411 e. The summed E-state index contributed by atoms with van der Waals surface area (Å²) in [6, 6.07) is 10.3. The Labute approximate surface area is 76.8 Å². The molecule has 2 N–H and O–H groups in total. The molecule has 1 aromatic carbocycles. The minimum absolute atomic E-state index is 0.944. The molecule has 70 valence electrons. The zero-order chi connectivity index (χ0) is 9.94. The summed E-state index contributed by atoms with van der Waals surface area (Å²) in [6.07, 6.45) is 1.89. The van der Waals surface area contributed by atoms with Crippen molar-refractivity contribution < 1.29 is 10.4 Å². The normalized spacial score (nSPS) is 9.92. The van der Waals surface area contributed by atoms with Gasteiger partial charge in [0, 0.05) is 0 Å². The van der Waals surface area contributed by atoms with Crippen LogP contribution in [0.5, 0.6) is 0 Å². The maximum atomic E-state index is 7.56. The summed E-state index contributed by atoms with van der Waals surface area (Å²) < 4.78 is 0. The minimum atomic E-state index is 0.944. The summed E-state index contributed by atoms with van der Waals surface area (Å²) in [4.78, 5) is 0. The van der Waals surface area contributed by atoms with E-state index >= 15 is 0 Å². The molecular weight excluding hydrogens is 168 g/mol. The van der Waals surface area contributed by atoms with Crippen molar-refractivity contribution in [1.29, 1.82) is 0 Å². The highest BCUT2D eigenvalue weighted by atomic mass is 16.4. The lowest BCUT2D eigenvalue weighted by atomic mass is 10.2. The van der Waals surface area contributed by atoms with Crippen LogP contribution in [0.15, 0.2) is 40.6 Å². The summed E-state index contributed by atoms with van der Waals surface area (Å²) in [5.74, 6) is 0. The molecule has 0 aliphatic heterocycles. The van der Waals surface area contributed by atoms with Crippen molar-refractivity contribution in [2.75, 3.05) is 0 Å². The van der Waals surface area contributed by atoms with Crippen LogP contribution in [0.1, 0.15) is 5.56 Å². The third-order valence-corrected chi connectivity index (χ3v) is 1.14. The van der Waals surface area contributed by atoms with Gasteiger partial charge in [0.1, 0.15) is 0 Å². The second-order valence-corrected chi connectivity index (χ2v) is 2.18. The average molecular weight is 180 g/mol. The molecule has 4 nitrogen and oxygen atoms in total. The van der Waals surface area contributed by atoms with E-state index in [0.717, 1.165) is 12.4 Å². The van der Waals surface area contributed by atoms with E-state index in [9.17, 15) is 0 Å². The highest BCUT2D eigenvalue weighted by Gasteiger charge is 1.72. The van der Waals surface area contributed by atoms with E-state index in [1.165, 1.54) is 5.56 Å². The first-order chi connectivity index (χ1) is 6.31. The Bertz CT molecular complexity index is 248. The molecule has 0 saturated heterocycles. The maximum Gasteiger partial charge on any atom is 0.0877 e. The second-order valence-electron chi connectivity index (χ2n) is 2.18. The Morgan fingerprint density at radius 3 is 1.69 bits per heavy atom. The third kappa shape index (κ3) is 8.06. The number of rotatable bonds is 1. The first kappa shape index (κ1) is 11.2. The van der Waals surface area contributed by atoms with Crippen LogP contribution in [0.4, 0.5) is 0 Å². The summed E-state index contributed by atoms with van der Waals surface area (Å²) in [6.45, 7) is 2.08. The molecule has 0 saturated carbocycles. The van der Waals surface area contributed by atoms with E-state index in [0.29, 0.717) is 0 Å². The van der Waals surface area contributed by atoms with Crippen LogP contribution in [0.25, 0.3) is 0 Å². The van der Waals surface area contributed by atoms with Gasteiger partial charge in [0.2, 0.25) is 0 Å². The van der Waals surface area contributed by atoms with Crippen molar-refractivity contribution in [3.05, 3.63) is 35.9 Å². The van der Waals surface area contributed by atoms with E-state index in [-0.39, 0.29) is 0 Å². The van der Waals surface area contributed by atoms with Crippen LogP contribution < -0.4 is 0 Å². The van der Waals surface area contributed by atoms with Crippen LogP contribution in [-0.4, -0.2) is 22.8 Å². The molecule has 0 bridgehead atoms. The predicted octanol–water partition coefficient (Wildman–Crippen LogP) is 1.90. The van der Waals surface area contributed by atoms with Gasteiger partial charge in [-0.1, -0.05) is 46.2 Å². The molecule has 4 heteroatoms. The van der Waals surface area contributed by atoms with Crippen molar-refractivity contribution >= 4 is 12.4 Å². The molecule has 13 heavy (non-hydrogen) atoms. The van der Waals surface area contributed by atoms with E-state index in [1.54, 1.807) is 0 Å². The van der Waals surface area contributed by atoms with Gasteiger partial charge in [0.15, 0.2) is 0 Å². The molecular formula is C9H12N2O2. The fourth-order valence-corrected chi connectivity index (χ4v) is 0.594. The van der Waals surface area contributed by atoms with Gasteiger partial charge in [0.05, 0.1) is 12.4 Å². The monoisotopic (exact) mass is 180 g/mol. The highest BCUT2D eigenvalue weighted by Crippen LogP contribution is 1.92. The Kier molecular flexibility index (Phi) is 7.09. The highest BCUT2D eigenvalue weighted by molar-refractivity contribution is 6.15. The summed E-state index contributed by atoms with van der Waals surface area (Å²) in [7, 11) is 0. The average Bonchev–Trinajstić information content (AvgIpc) is 2.17. The topological polar surface area (TPSA) is 65.2 Å². The van der Waals surface area contributed by atoms with E-state index < -0.39 is 0 Å². The molecule has 0 fully saturated rings. The lowest BCUT2D eigenvalue weighted by molar-refractivity contribution is 0.317. The Balaban J connectivity index is 0.000000226. The molecule has 0 aromatic heterocycles. The van der Waals surface area contributed by atoms with E-state index in [1.807, 2.05) is 18.2 Å². The largest absolute Gasteiger partial charge is 0.411 e. The molecule has 1 aromatic rings. The van der Waals surface area contributed by atoms with Crippen LogP contribution in [0.2, 0.25) is 0 Å². The molecule has 0 radical (unpaired) electrons. The van der Waals surface area contributed by atoms with Gasteiger partial charge in [-0.3, -0.25) is 0 Å². The number of nitrogens with zero attached hydrogens (tertiary/aromatic N) is 2. The Morgan fingerprint density at radius 2 is 1.46 bits per heavy atom. The molecule has 0 atom stereocenters. The first-order valence-electron chi connectivity index (χ1n) is 3.66. The summed E-state index contributed by atoms with van der Waals surface area (Å²) in [5.41, 5.74) is 1.32. The Morgan fingerprint density at radius 1 is 1.00 bits per heavy atom. The number of hydrogen-bond donors (Lipinski definition) is 2. The van der Waals surface area contributed by atoms with Crippen molar-refractivity contribution in [2.24, 2.45) is 10.3 Å². The molecule has 0 heterocycles. The van der Waals surface area contributed by atoms with Crippen LogP contribution in [0.3, 0.4) is 0 Å². The predicted molar refractivity (Wildman–Crippen MR) is 51.7 cm³/mol. The van der Waals surface area contributed by atoms with Crippen molar-refractivity contribution in [3.8, 4) is 0 Å². The van der Waals surface area contributed by atoms with Gasteiger partial charge >= 0.3 is 0 Å². The lowest BCUT2D eigenvalue weighted by Crippen LogP contribution is -1.70. The quantitative estimate of drug-likeness (QED) is 0.394. The summed E-state index contributed by atoms with van der Waals surface area (Å²) >= 11 is 0. The van der Waals surface area contributed by atoms with Gasteiger partial charge in [-0.05, 0) is 6.92 Å². The lowest BCUT2D eigenvalue weighted by Gasteiger charge is -1.82. The number of benzene rings is 1. The van der Waals surface area contributed by atoms with Crippen LogP contribution >= 0.6 is 0 Å². The number of hydrogen-bond acceptors (Lipinski definition) is 4. The number of aryl methyl sites for hydroxylation is 1.